The molecule has 0 aliphatic carbocycles. The van der Waals surface area contributed by atoms with Crippen LogP contribution in [0.4, 0.5) is 5.69 Å². The van der Waals surface area contributed by atoms with E-state index in [1.807, 2.05) is 0 Å². The Balaban J connectivity index is 1.68. The third-order valence-electron chi connectivity index (χ3n) is 4.59. The first-order valence-electron chi connectivity index (χ1n) is 8.93. The molecule has 3 amide bonds. The van der Waals surface area contributed by atoms with E-state index in [-0.39, 0.29) is 23.3 Å². The Morgan fingerprint density at radius 2 is 1.68 bits per heavy atom. The number of carbonyl (C=O) groups is 3. The summed E-state index contributed by atoms with van der Waals surface area (Å²) in [6.45, 7) is 3.44. The van der Waals surface area contributed by atoms with E-state index in [4.69, 9.17) is 4.74 Å². The van der Waals surface area contributed by atoms with Gasteiger partial charge in [-0.2, -0.15) is 0 Å². The summed E-state index contributed by atoms with van der Waals surface area (Å²) in [5, 5.41) is 2.77. The van der Waals surface area contributed by atoms with Crippen LogP contribution in [0.25, 0.3) is 0 Å². The Labute approximate surface area is 163 Å². The minimum Gasteiger partial charge on any atom is -0.497 e. The molecule has 1 aromatic heterocycles. The van der Waals surface area contributed by atoms with Crippen molar-refractivity contribution in [3.63, 3.8) is 0 Å². The van der Waals surface area contributed by atoms with E-state index in [1.165, 1.54) is 25.4 Å². The van der Waals surface area contributed by atoms with Crippen molar-refractivity contribution in [3.05, 3.63) is 53.9 Å². The van der Waals surface area contributed by atoms with Gasteiger partial charge in [0.1, 0.15) is 5.75 Å². The number of carbonyl (C=O) groups excluding carboxylic acids is 3. The lowest BCUT2D eigenvalue weighted by Crippen LogP contribution is -2.50. The van der Waals surface area contributed by atoms with Gasteiger partial charge in [0.15, 0.2) is 0 Å². The zero-order valence-corrected chi connectivity index (χ0v) is 15.8. The number of hydrogen-bond donors (Lipinski definition) is 1. The van der Waals surface area contributed by atoms with Crippen molar-refractivity contribution in [2.24, 2.45) is 0 Å². The Morgan fingerprint density at radius 3 is 2.36 bits per heavy atom. The lowest BCUT2D eigenvalue weighted by atomic mass is 10.1. The Hall–Kier alpha value is -3.42. The van der Waals surface area contributed by atoms with Crippen LogP contribution in [0.2, 0.25) is 0 Å². The van der Waals surface area contributed by atoms with Gasteiger partial charge in [-0.15, -0.1) is 0 Å². The number of pyridine rings is 1. The van der Waals surface area contributed by atoms with E-state index >= 15 is 0 Å². The molecule has 8 nitrogen and oxygen atoms in total. The maximum atomic E-state index is 12.7. The summed E-state index contributed by atoms with van der Waals surface area (Å²) < 4.78 is 5.14. The maximum Gasteiger partial charge on any atom is 0.257 e. The molecule has 1 saturated heterocycles. The van der Waals surface area contributed by atoms with Crippen LogP contribution in [-0.2, 0) is 4.79 Å². The van der Waals surface area contributed by atoms with Gasteiger partial charge in [0, 0.05) is 57.3 Å². The SMILES string of the molecule is COc1cccc(NC(=O)c2cncc(C(=O)N3CCN(C(C)=O)CC3)c2)c1. The number of amides is 3. The van der Waals surface area contributed by atoms with Gasteiger partial charge in [-0.05, 0) is 18.2 Å². The standard InChI is InChI=1S/C20H22N4O4/c1-14(25)23-6-8-24(9-7-23)20(27)16-10-15(12-21-13-16)19(26)22-17-4-3-5-18(11-17)28-2/h3-5,10-13H,6-9H2,1-2H3,(H,22,26). The Bertz CT molecular complexity index is 891. The molecular formula is C20H22N4O4. The van der Waals surface area contributed by atoms with Crippen LogP contribution >= 0.6 is 0 Å². The summed E-state index contributed by atoms with van der Waals surface area (Å²) in [4.78, 5) is 44.1. The van der Waals surface area contributed by atoms with Crippen molar-refractivity contribution in [2.75, 3.05) is 38.6 Å². The third kappa shape index (κ3) is 4.46. The quantitative estimate of drug-likeness (QED) is 0.868. The lowest BCUT2D eigenvalue weighted by molar-refractivity contribution is -0.130. The number of aromatic nitrogens is 1. The van der Waals surface area contributed by atoms with Crippen molar-refractivity contribution >= 4 is 23.4 Å². The van der Waals surface area contributed by atoms with Crippen molar-refractivity contribution in [1.82, 2.24) is 14.8 Å². The van der Waals surface area contributed by atoms with E-state index in [0.717, 1.165) is 0 Å². The highest BCUT2D eigenvalue weighted by atomic mass is 16.5. The van der Waals surface area contributed by atoms with Gasteiger partial charge in [-0.25, -0.2) is 0 Å². The van der Waals surface area contributed by atoms with Crippen LogP contribution < -0.4 is 10.1 Å². The third-order valence-corrected chi connectivity index (χ3v) is 4.59. The van der Waals surface area contributed by atoms with Crippen molar-refractivity contribution in [2.45, 2.75) is 6.92 Å². The number of piperazine rings is 1. The van der Waals surface area contributed by atoms with Crippen molar-refractivity contribution in [3.8, 4) is 5.75 Å². The Kier molecular flexibility index (Phi) is 5.88. The van der Waals surface area contributed by atoms with Crippen LogP contribution in [0.15, 0.2) is 42.7 Å². The fraction of sp³-hybridized carbons (Fsp3) is 0.300. The zero-order valence-electron chi connectivity index (χ0n) is 15.8. The minimum atomic E-state index is -0.364. The zero-order chi connectivity index (χ0) is 20.1. The number of benzene rings is 1. The summed E-state index contributed by atoms with van der Waals surface area (Å²) in [7, 11) is 1.55. The number of nitrogens with one attached hydrogen (secondary N) is 1. The first-order chi connectivity index (χ1) is 13.5. The molecule has 146 valence electrons. The molecule has 1 aliphatic rings. The molecule has 2 aromatic rings. The summed E-state index contributed by atoms with van der Waals surface area (Å²) >= 11 is 0. The van der Waals surface area contributed by atoms with E-state index in [2.05, 4.69) is 10.3 Å². The maximum absolute atomic E-state index is 12.7. The van der Waals surface area contributed by atoms with Crippen LogP contribution in [0, 0.1) is 0 Å². The van der Waals surface area contributed by atoms with Gasteiger partial charge in [0.25, 0.3) is 11.8 Å². The molecule has 8 heteroatoms. The monoisotopic (exact) mass is 382 g/mol. The molecule has 1 aliphatic heterocycles. The fourth-order valence-corrected chi connectivity index (χ4v) is 2.99. The molecule has 3 rings (SSSR count). The van der Waals surface area contributed by atoms with Crippen molar-refractivity contribution in [1.29, 1.82) is 0 Å². The average Bonchev–Trinajstić information content (AvgIpc) is 2.73. The number of rotatable bonds is 4. The Morgan fingerprint density at radius 1 is 1.00 bits per heavy atom. The normalized spacial score (nSPS) is 13.8. The first kappa shape index (κ1) is 19.3. The summed E-state index contributed by atoms with van der Waals surface area (Å²) in [5.41, 5.74) is 1.21. The van der Waals surface area contributed by atoms with E-state index in [1.54, 1.807) is 41.2 Å². The number of ether oxygens (including phenoxy) is 1. The largest absolute Gasteiger partial charge is 0.497 e. The number of methoxy groups -OCH3 is 1. The summed E-state index contributed by atoms with van der Waals surface area (Å²) in [6.07, 6.45) is 2.86. The molecular weight excluding hydrogens is 360 g/mol. The minimum absolute atomic E-state index is 0.00461. The highest BCUT2D eigenvalue weighted by Crippen LogP contribution is 2.18. The summed E-state index contributed by atoms with van der Waals surface area (Å²) in [5.74, 6) is 0.0677. The fourth-order valence-electron chi connectivity index (χ4n) is 2.99. The van der Waals surface area contributed by atoms with Crippen LogP contribution in [0.3, 0.4) is 0 Å². The molecule has 1 aromatic carbocycles. The first-order valence-corrected chi connectivity index (χ1v) is 8.93. The van der Waals surface area contributed by atoms with Crippen LogP contribution in [0.1, 0.15) is 27.6 Å². The predicted molar refractivity (Wildman–Crippen MR) is 103 cm³/mol. The summed E-state index contributed by atoms with van der Waals surface area (Å²) in [6, 6.07) is 8.53. The van der Waals surface area contributed by atoms with E-state index in [0.29, 0.717) is 43.2 Å². The van der Waals surface area contributed by atoms with Gasteiger partial charge >= 0.3 is 0 Å². The molecule has 0 bridgehead atoms. The smallest absolute Gasteiger partial charge is 0.257 e. The molecule has 1 fully saturated rings. The van der Waals surface area contributed by atoms with Gasteiger partial charge in [0.05, 0.1) is 18.2 Å². The lowest BCUT2D eigenvalue weighted by Gasteiger charge is -2.34. The molecule has 0 spiro atoms. The number of anilines is 1. The molecule has 0 saturated carbocycles. The molecule has 2 heterocycles. The van der Waals surface area contributed by atoms with Gasteiger partial charge in [0.2, 0.25) is 5.91 Å². The molecule has 0 unspecified atom stereocenters. The second-order valence-corrected chi connectivity index (χ2v) is 6.45. The van der Waals surface area contributed by atoms with Gasteiger partial charge in [-0.3, -0.25) is 19.4 Å². The molecule has 0 atom stereocenters. The molecule has 0 radical (unpaired) electrons. The van der Waals surface area contributed by atoms with Crippen LogP contribution in [0.5, 0.6) is 5.75 Å². The van der Waals surface area contributed by atoms with E-state index < -0.39 is 0 Å². The number of nitrogens with zero attached hydrogens (tertiary/aromatic N) is 3. The van der Waals surface area contributed by atoms with Gasteiger partial charge < -0.3 is 19.9 Å². The second kappa shape index (κ2) is 8.51. The highest BCUT2D eigenvalue weighted by Gasteiger charge is 2.24. The van der Waals surface area contributed by atoms with Crippen molar-refractivity contribution < 1.29 is 19.1 Å². The second-order valence-electron chi connectivity index (χ2n) is 6.45. The molecule has 28 heavy (non-hydrogen) atoms. The van der Waals surface area contributed by atoms with Gasteiger partial charge in [-0.1, -0.05) is 6.07 Å². The topological polar surface area (TPSA) is 91.8 Å². The highest BCUT2D eigenvalue weighted by molar-refractivity contribution is 6.05. The molecule has 1 N–H and O–H groups in total. The predicted octanol–water partition coefficient (Wildman–Crippen LogP) is 1.65. The van der Waals surface area contributed by atoms with Crippen LogP contribution in [-0.4, -0.2) is 65.8 Å². The average molecular weight is 382 g/mol. The number of hydrogen-bond acceptors (Lipinski definition) is 5. The van der Waals surface area contributed by atoms with E-state index in [9.17, 15) is 14.4 Å².